The van der Waals surface area contributed by atoms with Gasteiger partial charge >= 0.3 is 6.03 Å². The van der Waals surface area contributed by atoms with Gasteiger partial charge in [0.15, 0.2) is 11.2 Å². The molecule has 1 aliphatic heterocycles. The number of urea groups is 1. The summed E-state index contributed by atoms with van der Waals surface area (Å²) in [7, 11) is 1.34. The average Bonchev–Trinajstić information content (AvgIpc) is 2.70. The first-order chi connectivity index (χ1) is 13.2. The van der Waals surface area contributed by atoms with Gasteiger partial charge in [0.2, 0.25) is 5.91 Å². The maximum Gasteiger partial charge on any atom is 0.333 e. The van der Waals surface area contributed by atoms with E-state index in [2.05, 4.69) is 0 Å². The van der Waals surface area contributed by atoms with E-state index >= 15 is 0 Å². The lowest BCUT2D eigenvalue weighted by Crippen LogP contribution is -2.66. The molecule has 28 heavy (non-hydrogen) atoms. The molecule has 0 aromatic heterocycles. The monoisotopic (exact) mass is 404 g/mol. The Balaban J connectivity index is 1.90. The highest BCUT2D eigenvalue weighted by Crippen LogP contribution is 2.35. The first-order valence-electron chi connectivity index (χ1n) is 9.54. The number of rotatable bonds is 4. The third-order valence-corrected chi connectivity index (χ3v) is 6.53. The largest absolute Gasteiger partial charge is 0.333 e. The molecule has 1 saturated heterocycles. The second-order valence-corrected chi connectivity index (χ2v) is 8.61. The molecule has 2 fully saturated rings. The van der Waals surface area contributed by atoms with Crippen LogP contribution in [0.15, 0.2) is 30.3 Å². The molecule has 2 aliphatic rings. The van der Waals surface area contributed by atoms with Crippen LogP contribution in [0.25, 0.3) is 0 Å². The van der Waals surface area contributed by atoms with Gasteiger partial charge in [-0.2, -0.15) is 0 Å². The van der Waals surface area contributed by atoms with Crippen LogP contribution in [0.4, 0.5) is 4.79 Å². The summed E-state index contributed by atoms with van der Waals surface area (Å²) in [6.45, 7) is 3.16. The molecule has 1 heterocycles. The van der Waals surface area contributed by atoms with Crippen molar-refractivity contribution in [2.75, 3.05) is 13.6 Å². The van der Waals surface area contributed by atoms with Gasteiger partial charge in [-0.3, -0.25) is 24.2 Å². The van der Waals surface area contributed by atoms with E-state index in [9.17, 15) is 19.2 Å². The Morgan fingerprint density at radius 3 is 2.43 bits per heavy atom. The molecule has 4 amide bonds. The van der Waals surface area contributed by atoms with Crippen molar-refractivity contribution in [2.24, 2.45) is 11.8 Å². The number of hydrogen-bond donors (Lipinski definition) is 0. The Kier molecular flexibility index (Phi) is 5.62. The normalized spacial score (nSPS) is 31.3. The molecule has 150 valence electrons. The molecule has 3 rings (SSSR count). The predicted octanol–water partition coefficient (Wildman–Crippen LogP) is 2.98. The van der Waals surface area contributed by atoms with Crippen LogP contribution in [0, 0.1) is 11.8 Å². The van der Waals surface area contributed by atoms with Crippen molar-refractivity contribution >= 4 is 35.2 Å². The highest BCUT2D eigenvalue weighted by molar-refractivity contribution is 6.23. The maximum absolute atomic E-state index is 13.3. The molecule has 0 radical (unpaired) electrons. The highest BCUT2D eigenvalue weighted by Gasteiger charge is 2.55. The average molecular weight is 405 g/mol. The third kappa shape index (κ3) is 3.34. The number of nitrogens with zero attached hydrogens (tertiary/aromatic N) is 2. The van der Waals surface area contributed by atoms with Crippen LogP contribution < -0.4 is 0 Å². The zero-order valence-corrected chi connectivity index (χ0v) is 17.1. The minimum absolute atomic E-state index is 0.0725. The Hall–Kier alpha value is -2.21. The summed E-state index contributed by atoms with van der Waals surface area (Å²) in [6, 6.07) is 7.85. The quantitative estimate of drug-likeness (QED) is 0.571. The zero-order valence-electron chi connectivity index (χ0n) is 16.4. The van der Waals surface area contributed by atoms with Crippen LogP contribution in [0.1, 0.15) is 38.7 Å². The minimum atomic E-state index is -1.54. The van der Waals surface area contributed by atoms with E-state index in [4.69, 9.17) is 11.6 Å². The molecule has 4 unspecified atom stereocenters. The van der Waals surface area contributed by atoms with Crippen molar-refractivity contribution in [1.29, 1.82) is 0 Å². The van der Waals surface area contributed by atoms with Crippen molar-refractivity contribution in [3.63, 3.8) is 0 Å². The summed E-state index contributed by atoms with van der Waals surface area (Å²) in [6.07, 6.45) is 2.24. The maximum atomic E-state index is 13.3. The lowest BCUT2D eigenvalue weighted by Gasteiger charge is -2.41. The summed E-state index contributed by atoms with van der Waals surface area (Å²) in [5, 5.41) is -0.0725. The molecule has 7 heteroatoms. The number of amides is 4. The number of likely N-dealkylation sites (N-methyl/N-ethyl adjacent to an activating group) is 1. The number of imide groups is 2. The number of alkyl halides is 1. The van der Waals surface area contributed by atoms with Gasteiger partial charge in [-0.1, -0.05) is 37.3 Å². The SMILES string of the molecule is CC1CCC(Cl)CC1C(=O)CN1C(=O)N(C)C(=O)C(C)(c2ccccc2)C1=O. The number of halogens is 1. The summed E-state index contributed by atoms with van der Waals surface area (Å²) < 4.78 is 0. The smallest absolute Gasteiger partial charge is 0.297 e. The van der Waals surface area contributed by atoms with Crippen molar-refractivity contribution < 1.29 is 19.2 Å². The van der Waals surface area contributed by atoms with Gasteiger partial charge < -0.3 is 0 Å². The summed E-state index contributed by atoms with van der Waals surface area (Å²) in [5.41, 5.74) is -1.05. The van der Waals surface area contributed by atoms with E-state index < -0.39 is 23.3 Å². The van der Waals surface area contributed by atoms with Crippen LogP contribution in [0.5, 0.6) is 0 Å². The first kappa shape index (κ1) is 20.5. The first-order valence-corrected chi connectivity index (χ1v) is 9.98. The minimum Gasteiger partial charge on any atom is -0.297 e. The van der Waals surface area contributed by atoms with Gasteiger partial charge in [-0.05, 0) is 37.7 Å². The van der Waals surface area contributed by atoms with Crippen LogP contribution in [-0.2, 0) is 19.8 Å². The summed E-state index contributed by atoms with van der Waals surface area (Å²) >= 11 is 6.24. The number of Topliss-reactive ketones (excluding diaryl/α,β-unsaturated/α-hetero) is 1. The van der Waals surface area contributed by atoms with Gasteiger partial charge in [-0.15, -0.1) is 11.6 Å². The summed E-state index contributed by atoms with van der Waals surface area (Å²) in [4.78, 5) is 53.6. The standard InChI is InChI=1S/C21H25ClN2O4/c1-13-9-10-15(22)11-16(13)17(25)12-24-19(27)21(2,14-7-5-4-6-8-14)18(26)23(3)20(24)28/h4-8,13,15-16H,9-12H2,1-3H3. The van der Waals surface area contributed by atoms with Crippen molar-refractivity contribution in [2.45, 2.75) is 43.9 Å². The molecule has 1 saturated carbocycles. The Labute approximate surface area is 169 Å². The molecular formula is C21H25ClN2O4. The van der Waals surface area contributed by atoms with Crippen molar-refractivity contribution in [3.8, 4) is 0 Å². The molecule has 6 nitrogen and oxygen atoms in total. The van der Waals surface area contributed by atoms with E-state index in [1.807, 2.05) is 6.92 Å². The number of carbonyl (C=O) groups is 4. The molecule has 1 aliphatic carbocycles. The number of hydrogen-bond acceptors (Lipinski definition) is 4. The number of barbiturate groups is 1. The fourth-order valence-corrected chi connectivity index (χ4v) is 4.52. The molecule has 1 aromatic rings. The Morgan fingerprint density at radius 1 is 1.14 bits per heavy atom. The van der Waals surface area contributed by atoms with E-state index in [0.29, 0.717) is 12.0 Å². The topological polar surface area (TPSA) is 74.8 Å². The van der Waals surface area contributed by atoms with Crippen LogP contribution in [0.3, 0.4) is 0 Å². The lowest BCUT2D eigenvalue weighted by atomic mass is 9.76. The third-order valence-electron chi connectivity index (χ3n) is 6.13. The molecular weight excluding hydrogens is 380 g/mol. The molecule has 0 bridgehead atoms. The van der Waals surface area contributed by atoms with Crippen LogP contribution in [-0.4, -0.2) is 52.4 Å². The van der Waals surface area contributed by atoms with Crippen molar-refractivity contribution in [1.82, 2.24) is 9.80 Å². The van der Waals surface area contributed by atoms with Crippen molar-refractivity contribution in [3.05, 3.63) is 35.9 Å². The molecule has 4 atom stereocenters. The lowest BCUT2D eigenvalue weighted by molar-refractivity contribution is -0.152. The molecule has 0 spiro atoms. The van der Waals surface area contributed by atoms with E-state index in [0.717, 1.165) is 22.6 Å². The van der Waals surface area contributed by atoms with Gasteiger partial charge in [-0.25, -0.2) is 4.79 Å². The van der Waals surface area contributed by atoms with Crippen LogP contribution >= 0.6 is 11.6 Å². The van der Waals surface area contributed by atoms with Gasteiger partial charge in [0.25, 0.3) is 5.91 Å². The molecule has 1 aromatic carbocycles. The second kappa shape index (κ2) is 7.66. The second-order valence-electron chi connectivity index (χ2n) is 7.99. The van der Waals surface area contributed by atoms with E-state index in [-0.39, 0.29) is 29.5 Å². The van der Waals surface area contributed by atoms with E-state index in [1.165, 1.54) is 14.0 Å². The van der Waals surface area contributed by atoms with Crippen LogP contribution in [0.2, 0.25) is 0 Å². The Bertz CT molecular complexity index is 812. The molecule has 0 N–H and O–H groups in total. The van der Waals surface area contributed by atoms with Gasteiger partial charge in [0.1, 0.15) is 0 Å². The predicted molar refractivity (Wildman–Crippen MR) is 105 cm³/mol. The summed E-state index contributed by atoms with van der Waals surface area (Å²) in [5.74, 6) is -1.58. The van der Waals surface area contributed by atoms with E-state index in [1.54, 1.807) is 30.3 Å². The fraction of sp³-hybridized carbons (Fsp3) is 0.524. The Morgan fingerprint density at radius 2 is 1.79 bits per heavy atom. The van der Waals surface area contributed by atoms with Gasteiger partial charge in [0, 0.05) is 18.3 Å². The number of benzene rings is 1. The highest BCUT2D eigenvalue weighted by atomic mass is 35.5. The zero-order chi connectivity index (χ0) is 20.6. The number of carbonyl (C=O) groups excluding carboxylic acids is 4. The van der Waals surface area contributed by atoms with Gasteiger partial charge in [0.05, 0.1) is 6.54 Å². The number of ketones is 1. The fourth-order valence-electron chi connectivity index (χ4n) is 4.20.